The van der Waals surface area contributed by atoms with Gasteiger partial charge in [-0.3, -0.25) is 0 Å². The maximum atomic E-state index is 12.3. The van der Waals surface area contributed by atoms with E-state index < -0.39 is 5.97 Å². The third-order valence-electron chi connectivity index (χ3n) is 3.71. The van der Waals surface area contributed by atoms with Gasteiger partial charge >= 0.3 is 12.0 Å². The standard InChI is InChI=1S/C14H22N4O3/c1-9-6-11(12(16-9)13(19)20)17-14(21)18-5-3-4-10(8-18)7-15-2/h6,10,15-16H,3-5,7-8H2,1-2H3,(H,17,21)(H,19,20). The van der Waals surface area contributed by atoms with Crippen LogP contribution < -0.4 is 10.6 Å². The van der Waals surface area contributed by atoms with Crippen LogP contribution in [0.4, 0.5) is 10.5 Å². The molecule has 1 aliphatic rings. The first-order valence-electron chi connectivity index (χ1n) is 7.14. The van der Waals surface area contributed by atoms with E-state index in [-0.39, 0.29) is 11.7 Å². The normalized spacial score (nSPS) is 18.6. The maximum Gasteiger partial charge on any atom is 0.354 e. The van der Waals surface area contributed by atoms with E-state index in [1.807, 2.05) is 7.05 Å². The molecule has 1 saturated heterocycles. The average molecular weight is 294 g/mol. The third kappa shape index (κ3) is 3.75. The van der Waals surface area contributed by atoms with Crippen molar-refractivity contribution in [3.8, 4) is 0 Å². The number of amides is 2. The van der Waals surface area contributed by atoms with Crippen LogP contribution >= 0.6 is 0 Å². The number of aryl methyl sites for hydroxylation is 1. The number of nitrogens with zero attached hydrogens (tertiary/aromatic N) is 1. The molecule has 7 heteroatoms. The van der Waals surface area contributed by atoms with Crippen molar-refractivity contribution in [2.75, 3.05) is 32.0 Å². The molecule has 1 aromatic heterocycles. The maximum absolute atomic E-state index is 12.3. The molecule has 0 saturated carbocycles. The Bertz CT molecular complexity index is 524. The lowest BCUT2D eigenvalue weighted by Crippen LogP contribution is -2.44. The number of likely N-dealkylation sites (tertiary alicyclic amines) is 1. The molecule has 0 aromatic carbocycles. The second-order valence-corrected chi connectivity index (χ2v) is 5.49. The van der Waals surface area contributed by atoms with Crippen molar-refractivity contribution in [3.05, 3.63) is 17.5 Å². The van der Waals surface area contributed by atoms with E-state index in [1.54, 1.807) is 17.9 Å². The number of aromatic carboxylic acids is 1. The highest BCUT2D eigenvalue weighted by atomic mass is 16.4. The molecule has 116 valence electrons. The summed E-state index contributed by atoms with van der Waals surface area (Å²) >= 11 is 0. The summed E-state index contributed by atoms with van der Waals surface area (Å²) in [5, 5.41) is 14.9. The van der Waals surface area contributed by atoms with E-state index in [0.717, 1.165) is 19.4 Å². The van der Waals surface area contributed by atoms with Crippen LogP contribution in [0.2, 0.25) is 0 Å². The van der Waals surface area contributed by atoms with Gasteiger partial charge in [0.25, 0.3) is 0 Å². The van der Waals surface area contributed by atoms with Gasteiger partial charge in [-0.15, -0.1) is 0 Å². The molecule has 0 spiro atoms. The number of aromatic amines is 1. The molecule has 1 atom stereocenters. The van der Waals surface area contributed by atoms with Crippen LogP contribution in [-0.2, 0) is 0 Å². The summed E-state index contributed by atoms with van der Waals surface area (Å²) in [5.41, 5.74) is 1.04. The predicted molar refractivity (Wildman–Crippen MR) is 79.7 cm³/mol. The molecule has 0 radical (unpaired) electrons. The number of carboxylic acid groups (broad SMARTS) is 1. The van der Waals surface area contributed by atoms with Crippen LogP contribution in [0.5, 0.6) is 0 Å². The first kappa shape index (κ1) is 15.4. The molecule has 1 unspecified atom stereocenters. The number of urea groups is 1. The fourth-order valence-corrected chi connectivity index (χ4v) is 2.76. The summed E-state index contributed by atoms with van der Waals surface area (Å²) in [5.74, 6) is -0.633. The third-order valence-corrected chi connectivity index (χ3v) is 3.71. The Labute approximate surface area is 123 Å². The Hall–Kier alpha value is -2.02. The van der Waals surface area contributed by atoms with Gasteiger partial charge in [-0.2, -0.15) is 0 Å². The monoisotopic (exact) mass is 294 g/mol. The zero-order valence-electron chi connectivity index (χ0n) is 12.4. The second-order valence-electron chi connectivity index (χ2n) is 5.49. The minimum Gasteiger partial charge on any atom is -0.477 e. The van der Waals surface area contributed by atoms with Crippen LogP contribution in [0.25, 0.3) is 0 Å². The molecule has 0 aliphatic carbocycles. The van der Waals surface area contributed by atoms with Crippen LogP contribution in [-0.4, -0.2) is 53.7 Å². The summed E-state index contributed by atoms with van der Waals surface area (Å²) in [6.45, 7) is 4.04. The van der Waals surface area contributed by atoms with Crippen molar-refractivity contribution in [3.63, 3.8) is 0 Å². The highest BCUT2D eigenvalue weighted by Gasteiger charge is 2.24. The number of piperidine rings is 1. The lowest BCUT2D eigenvalue weighted by molar-refractivity contribution is 0.0692. The van der Waals surface area contributed by atoms with Gasteiger partial charge in [-0.25, -0.2) is 9.59 Å². The molecule has 1 aliphatic heterocycles. The van der Waals surface area contributed by atoms with E-state index in [4.69, 9.17) is 5.11 Å². The summed E-state index contributed by atoms with van der Waals surface area (Å²) in [7, 11) is 1.90. The number of hydrogen-bond acceptors (Lipinski definition) is 3. The predicted octanol–water partition coefficient (Wildman–Crippen LogP) is 1.48. The number of nitrogens with one attached hydrogen (secondary N) is 3. The second kappa shape index (κ2) is 6.62. The molecular weight excluding hydrogens is 272 g/mol. The number of carboxylic acids is 1. The van der Waals surface area contributed by atoms with E-state index in [9.17, 15) is 9.59 Å². The Morgan fingerprint density at radius 1 is 1.52 bits per heavy atom. The van der Waals surface area contributed by atoms with Gasteiger partial charge in [0.15, 0.2) is 0 Å². The lowest BCUT2D eigenvalue weighted by Gasteiger charge is -2.32. The lowest BCUT2D eigenvalue weighted by atomic mass is 9.98. The zero-order valence-corrected chi connectivity index (χ0v) is 12.4. The SMILES string of the molecule is CNCC1CCCN(C(=O)Nc2cc(C)[nH]c2C(=O)O)C1. The van der Waals surface area contributed by atoms with Crippen molar-refractivity contribution < 1.29 is 14.7 Å². The zero-order chi connectivity index (χ0) is 15.4. The largest absolute Gasteiger partial charge is 0.477 e. The van der Waals surface area contributed by atoms with Gasteiger partial charge in [-0.1, -0.05) is 0 Å². The van der Waals surface area contributed by atoms with E-state index in [2.05, 4.69) is 15.6 Å². The van der Waals surface area contributed by atoms with Gasteiger partial charge in [0.2, 0.25) is 0 Å². The van der Waals surface area contributed by atoms with Gasteiger partial charge < -0.3 is 25.6 Å². The molecule has 2 rings (SSSR count). The summed E-state index contributed by atoms with van der Waals surface area (Å²) in [6, 6.07) is 1.40. The number of rotatable bonds is 4. The molecule has 0 bridgehead atoms. The Balaban J connectivity index is 2.02. The minimum absolute atomic E-state index is 0.0182. The van der Waals surface area contributed by atoms with Crippen LogP contribution in [0.3, 0.4) is 0 Å². The first-order chi connectivity index (χ1) is 10.0. The number of carbonyl (C=O) groups is 2. The van der Waals surface area contributed by atoms with Crippen molar-refractivity contribution >= 4 is 17.7 Å². The van der Waals surface area contributed by atoms with Crippen LogP contribution in [0.1, 0.15) is 29.0 Å². The summed E-state index contributed by atoms with van der Waals surface area (Å²) in [4.78, 5) is 27.9. The van der Waals surface area contributed by atoms with Gasteiger partial charge in [0, 0.05) is 18.8 Å². The van der Waals surface area contributed by atoms with Crippen LogP contribution in [0.15, 0.2) is 6.07 Å². The highest BCUT2D eigenvalue weighted by molar-refractivity contribution is 5.99. The Kier molecular flexibility index (Phi) is 4.85. The smallest absolute Gasteiger partial charge is 0.354 e. The van der Waals surface area contributed by atoms with Crippen LogP contribution in [0, 0.1) is 12.8 Å². The Morgan fingerprint density at radius 3 is 2.95 bits per heavy atom. The fourth-order valence-electron chi connectivity index (χ4n) is 2.76. The molecule has 1 aromatic rings. The summed E-state index contributed by atoms with van der Waals surface area (Å²) < 4.78 is 0. The molecule has 21 heavy (non-hydrogen) atoms. The number of H-pyrrole nitrogens is 1. The number of carbonyl (C=O) groups excluding carboxylic acids is 1. The average Bonchev–Trinajstić information content (AvgIpc) is 2.80. The minimum atomic E-state index is -1.08. The quantitative estimate of drug-likeness (QED) is 0.676. The van der Waals surface area contributed by atoms with Gasteiger partial charge in [0.1, 0.15) is 5.69 Å². The first-order valence-corrected chi connectivity index (χ1v) is 7.14. The summed E-state index contributed by atoms with van der Waals surface area (Å²) in [6.07, 6.45) is 2.08. The Morgan fingerprint density at radius 2 is 2.29 bits per heavy atom. The number of aromatic nitrogens is 1. The topological polar surface area (TPSA) is 97.5 Å². The number of anilines is 1. The van der Waals surface area contributed by atoms with Crippen molar-refractivity contribution in [1.29, 1.82) is 0 Å². The van der Waals surface area contributed by atoms with Gasteiger partial charge in [0.05, 0.1) is 5.69 Å². The number of hydrogen-bond donors (Lipinski definition) is 4. The van der Waals surface area contributed by atoms with Gasteiger partial charge in [-0.05, 0) is 45.3 Å². The van der Waals surface area contributed by atoms with E-state index in [1.165, 1.54) is 0 Å². The van der Waals surface area contributed by atoms with Crippen molar-refractivity contribution in [1.82, 2.24) is 15.2 Å². The molecule has 2 amide bonds. The van der Waals surface area contributed by atoms with E-state index in [0.29, 0.717) is 30.4 Å². The highest BCUT2D eigenvalue weighted by Crippen LogP contribution is 2.20. The molecule has 1 fully saturated rings. The molecule has 2 heterocycles. The molecular formula is C14H22N4O3. The van der Waals surface area contributed by atoms with Crippen molar-refractivity contribution in [2.45, 2.75) is 19.8 Å². The van der Waals surface area contributed by atoms with Crippen molar-refractivity contribution in [2.24, 2.45) is 5.92 Å². The molecule has 7 nitrogen and oxygen atoms in total. The molecule has 4 N–H and O–H groups in total. The fraction of sp³-hybridized carbons (Fsp3) is 0.571. The van der Waals surface area contributed by atoms with E-state index >= 15 is 0 Å².